The van der Waals surface area contributed by atoms with Crippen LogP contribution in [0.2, 0.25) is 0 Å². The average molecular weight is 439 g/mol. The van der Waals surface area contributed by atoms with Gasteiger partial charge in [-0.3, -0.25) is 14.3 Å². The molecule has 2 aromatic rings. The molecule has 0 saturated carbocycles. The fourth-order valence-electron chi connectivity index (χ4n) is 4.47. The summed E-state index contributed by atoms with van der Waals surface area (Å²) in [5.74, 6) is -0.825. The Morgan fingerprint density at radius 2 is 1.91 bits per heavy atom. The van der Waals surface area contributed by atoms with E-state index in [0.717, 1.165) is 12.0 Å². The number of aromatic nitrogens is 2. The highest BCUT2D eigenvalue weighted by atomic mass is 16.5. The second-order valence-corrected chi connectivity index (χ2v) is 9.38. The van der Waals surface area contributed by atoms with E-state index in [-0.39, 0.29) is 35.7 Å². The summed E-state index contributed by atoms with van der Waals surface area (Å²) in [6.45, 7) is 9.94. The van der Waals surface area contributed by atoms with Gasteiger partial charge < -0.3 is 14.5 Å². The summed E-state index contributed by atoms with van der Waals surface area (Å²) < 4.78 is 7.05. The highest BCUT2D eigenvalue weighted by molar-refractivity contribution is 6.00. The van der Waals surface area contributed by atoms with Gasteiger partial charge in [0.1, 0.15) is 0 Å². The van der Waals surface area contributed by atoms with Gasteiger partial charge in [-0.2, -0.15) is 5.10 Å². The van der Waals surface area contributed by atoms with Crippen LogP contribution in [0.5, 0.6) is 0 Å². The van der Waals surface area contributed by atoms with Crippen molar-refractivity contribution in [3.8, 4) is 0 Å². The Morgan fingerprint density at radius 1 is 1.19 bits per heavy atom. The molecule has 2 aliphatic heterocycles. The fraction of sp³-hybridized carbons (Fsp3) is 0.500. The maximum Gasteiger partial charge on any atom is 0.338 e. The number of carbonyl (C=O) groups excluding carboxylic acids is 3. The largest absolute Gasteiger partial charge is 0.462 e. The molecule has 2 aliphatic rings. The molecule has 1 fully saturated rings. The summed E-state index contributed by atoms with van der Waals surface area (Å²) >= 11 is 0. The number of hydrogen-bond acceptors (Lipinski definition) is 5. The van der Waals surface area contributed by atoms with Crippen molar-refractivity contribution in [1.29, 1.82) is 0 Å². The first-order chi connectivity index (χ1) is 15.2. The highest BCUT2D eigenvalue weighted by Crippen LogP contribution is 2.29. The molecule has 1 unspecified atom stereocenters. The molecule has 2 amide bonds. The summed E-state index contributed by atoms with van der Waals surface area (Å²) in [5, 5.41) is 4.54. The standard InChI is InChI=1S/C24H30N4O4/c1-5-32-23(31)16-6-8-19(9-7-16)27-15-17(12-21(27)29)22(30)26-11-10-20-18(14-26)13-25-28(20)24(2,3)4/h6-9,13,17H,5,10-12,14-15H2,1-4H3. The molecule has 1 saturated heterocycles. The summed E-state index contributed by atoms with van der Waals surface area (Å²) in [6, 6.07) is 6.75. The van der Waals surface area contributed by atoms with Gasteiger partial charge in [0, 0.05) is 49.4 Å². The minimum Gasteiger partial charge on any atom is -0.462 e. The predicted molar refractivity (Wildman–Crippen MR) is 119 cm³/mol. The molecule has 8 nitrogen and oxygen atoms in total. The normalized spacial score (nSPS) is 18.6. The van der Waals surface area contributed by atoms with Crippen LogP contribution in [0.4, 0.5) is 5.69 Å². The molecule has 0 bridgehead atoms. The zero-order valence-electron chi connectivity index (χ0n) is 19.1. The van der Waals surface area contributed by atoms with Crippen molar-refractivity contribution in [2.45, 2.75) is 52.6 Å². The van der Waals surface area contributed by atoms with Crippen molar-refractivity contribution in [2.75, 3.05) is 24.6 Å². The van der Waals surface area contributed by atoms with Crippen LogP contribution in [0, 0.1) is 5.92 Å². The van der Waals surface area contributed by atoms with Gasteiger partial charge in [-0.1, -0.05) is 0 Å². The topological polar surface area (TPSA) is 84.7 Å². The molecule has 1 aromatic heterocycles. The second kappa shape index (κ2) is 8.41. The van der Waals surface area contributed by atoms with Gasteiger partial charge in [0.2, 0.25) is 11.8 Å². The van der Waals surface area contributed by atoms with Gasteiger partial charge in [-0.15, -0.1) is 0 Å². The maximum absolute atomic E-state index is 13.2. The lowest BCUT2D eigenvalue weighted by Crippen LogP contribution is -2.41. The van der Waals surface area contributed by atoms with Crippen molar-refractivity contribution in [3.63, 3.8) is 0 Å². The van der Waals surface area contributed by atoms with E-state index in [1.807, 2.05) is 15.8 Å². The van der Waals surface area contributed by atoms with E-state index in [2.05, 4.69) is 25.9 Å². The minimum absolute atomic E-state index is 0.0122. The first kappa shape index (κ1) is 22.0. The molecular weight excluding hydrogens is 408 g/mol. The lowest BCUT2D eigenvalue weighted by atomic mass is 10.0. The summed E-state index contributed by atoms with van der Waals surface area (Å²) in [6.07, 6.45) is 2.82. The van der Waals surface area contributed by atoms with Crippen LogP contribution in [-0.2, 0) is 32.8 Å². The van der Waals surface area contributed by atoms with Crippen LogP contribution in [0.25, 0.3) is 0 Å². The van der Waals surface area contributed by atoms with E-state index in [0.29, 0.717) is 37.5 Å². The first-order valence-electron chi connectivity index (χ1n) is 11.1. The summed E-state index contributed by atoms with van der Waals surface area (Å²) in [7, 11) is 0. The van der Waals surface area contributed by atoms with Crippen molar-refractivity contribution >= 4 is 23.5 Å². The molecule has 0 radical (unpaired) electrons. The molecule has 4 rings (SSSR count). The zero-order valence-corrected chi connectivity index (χ0v) is 19.1. The second-order valence-electron chi connectivity index (χ2n) is 9.38. The van der Waals surface area contributed by atoms with Gasteiger partial charge in [-0.05, 0) is 52.0 Å². The van der Waals surface area contributed by atoms with Crippen LogP contribution in [-0.4, -0.2) is 52.2 Å². The number of rotatable bonds is 4. The number of ether oxygens (including phenoxy) is 1. The zero-order chi connectivity index (χ0) is 23.0. The Labute approximate surface area is 188 Å². The van der Waals surface area contributed by atoms with E-state index in [4.69, 9.17) is 4.74 Å². The molecule has 8 heteroatoms. The van der Waals surface area contributed by atoms with Crippen molar-refractivity contribution in [2.24, 2.45) is 5.92 Å². The number of amides is 2. The van der Waals surface area contributed by atoms with Gasteiger partial charge in [0.25, 0.3) is 0 Å². The van der Waals surface area contributed by atoms with Crippen LogP contribution in [0.15, 0.2) is 30.5 Å². The highest BCUT2D eigenvalue weighted by Gasteiger charge is 2.38. The van der Waals surface area contributed by atoms with E-state index in [1.165, 1.54) is 5.69 Å². The molecule has 3 heterocycles. The third kappa shape index (κ3) is 4.13. The Kier molecular flexibility index (Phi) is 5.79. The maximum atomic E-state index is 13.2. The van der Waals surface area contributed by atoms with E-state index >= 15 is 0 Å². The lowest BCUT2D eigenvalue weighted by Gasteiger charge is -2.31. The average Bonchev–Trinajstić information content (AvgIpc) is 3.36. The van der Waals surface area contributed by atoms with Gasteiger partial charge in [0.15, 0.2) is 0 Å². The molecular formula is C24H30N4O4. The van der Waals surface area contributed by atoms with E-state index < -0.39 is 0 Å². The van der Waals surface area contributed by atoms with Crippen LogP contribution in [0.1, 0.15) is 55.7 Å². The van der Waals surface area contributed by atoms with E-state index in [9.17, 15) is 14.4 Å². The third-order valence-electron chi connectivity index (χ3n) is 6.05. The first-order valence-corrected chi connectivity index (χ1v) is 11.1. The Morgan fingerprint density at radius 3 is 2.56 bits per heavy atom. The molecule has 1 atom stereocenters. The number of anilines is 1. The number of nitrogens with zero attached hydrogens (tertiary/aromatic N) is 4. The van der Waals surface area contributed by atoms with Gasteiger partial charge in [-0.25, -0.2) is 4.79 Å². The fourth-order valence-corrected chi connectivity index (χ4v) is 4.47. The van der Waals surface area contributed by atoms with Crippen LogP contribution in [0.3, 0.4) is 0 Å². The Bertz CT molecular complexity index is 1040. The predicted octanol–water partition coefficient (Wildman–Crippen LogP) is 2.75. The number of hydrogen-bond donors (Lipinski definition) is 0. The Hall–Kier alpha value is -3.16. The SMILES string of the molecule is CCOC(=O)c1ccc(N2CC(C(=O)N3CCc4c(cnn4C(C)(C)C)C3)CC2=O)cc1. The molecule has 32 heavy (non-hydrogen) atoms. The monoisotopic (exact) mass is 438 g/mol. The number of fused-ring (bicyclic) bond motifs is 1. The van der Waals surface area contributed by atoms with Crippen molar-refractivity contribution in [1.82, 2.24) is 14.7 Å². The number of benzene rings is 1. The van der Waals surface area contributed by atoms with Crippen molar-refractivity contribution in [3.05, 3.63) is 47.3 Å². The molecule has 1 aromatic carbocycles. The van der Waals surface area contributed by atoms with Crippen LogP contribution >= 0.6 is 0 Å². The summed E-state index contributed by atoms with van der Waals surface area (Å²) in [4.78, 5) is 41.2. The Balaban J connectivity index is 1.42. The van der Waals surface area contributed by atoms with E-state index in [1.54, 1.807) is 36.1 Å². The van der Waals surface area contributed by atoms with Crippen LogP contribution < -0.4 is 4.90 Å². The smallest absolute Gasteiger partial charge is 0.338 e. The lowest BCUT2D eigenvalue weighted by molar-refractivity contribution is -0.136. The third-order valence-corrected chi connectivity index (χ3v) is 6.05. The molecule has 0 aliphatic carbocycles. The van der Waals surface area contributed by atoms with Gasteiger partial charge in [0.05, 0.1) is 29.8 Å². The number of carbonyl (C=O) groups is 3. The molecule has 0 N–H and O–H groups in total. The molecule has 0 spiro atoms. The van der Waals surface area contributed by atoms with Gasteiger partial charge >= 0.3 is 5.97 Å². The van der Waals surface area contributed by atoms with Crippen molar-refractivity contribution < 1.29 is 19.1 Å². The quantitative estimate of drug-likeness (QED) is 0.686. The minimum atomic E-state index is -0.390. The number of esters is 1. The molecule has 170 valence electrons. The summed E-state index contributed by atoms with van der Waals surface area (Å²) in [5.41, 5.74) is 3.30.